The Morgan fingerprint density at radius 3 is 1.82 bits per heavy atom. The molecule has 1 amide bonds. The van der Waals surface area contributed by atoms with Crippen LogP contribution in [0.15, 0.2) is 24.3 Å². The highest BCUT2D eigenvalue weighted by Crippen LogP contribution is 2.63. The van der Waals surface area contributed by atoms with Gasteiger partial charge >= 0.3 is 0 Å². The molecule has 0 atom stereocenters. The molecular weight excluding hydrogens is 274 g/mol. The van der Waals surface area contributed by atoms with E-state index < -0.39 is 0 Å². The molecule has 0 bridgehead atoms. The van der Waals surface area contributed by atoms with Gasteiger partial charge in [0.2, 0.25) is 0 Å². The molecule has 118 valence electrons. The zero-order chi connectivity index (χ0) is 15.3. The topological polar surface area (TPSA) is 29.5 Å². The van der Waals surface area contributed by atoms with Crippen LogP contribution in [0.2, 0.25) is 0 Å². The van der Waals surface area contributed by atoms with Crippen molar-refractivity contribution in [2.24, 2.45) is 17.8 Å². The molecule has 1 aromatic rings. The summed E-state index contributed by atoms with van der Waals surface area (Å²) < 4.78 is 5.20. The first-order valence-electron chi connectivity index (χ1n) is 8.60. The van der Waals surface area contributed by atoms with Gasteiger partial charge in [-0.3, -0.25) is 4.79 Å². The Balaban J connectivity index is 1.63. The van der Waals surface area contributed by atoms with Crippen LogP contribution in [0, 0.1) is 17.8 Å². The minimum Gasteiger partial charge on any atom is -0.497 e. The number of methoxy groups -OCH3 is 1. The SMILES string of the molecule is COc1ccc(C(=O)N(C)C(C2CC2)(C2CC2)C2CC2)cc1. The first kappa shape index (κ1) is 14.1. The lowest BCUT2D eigenvalue weighted by atomic mass is 9.80. The Kier molecular flexibility index (Phi) is 3.21. The summed E-state index contributed by atoms with van der Waals surface area (Å²) in [7, 11) is 3.71. The average molecular weight is 299 g/mol. The summed E-state index contributed by atoms with van der Waals surface area (Å²) >= 11 is 0. The Hall–Kier alpha value is -1.51. The summed E-state index contributed by atoms with van der Waals surface area (Å²) in [6.07, 6.45) is 7.88. The monoisotopic (exact) mass is 299 g/mol. The quantitative estimate of drug-likeness (QED) is 0.801. The first-order chi connectivity index (χ1) is 10.7. The molecule has 4 rings (SSSR count). The number of carbonyl (C=O) groups is 1. The van der Waals surface area contributed by atoms with Crippen molar-refractivity contribution in [3.8, 4) is 5.75 Å². The van der Waals surface area contributed by atoms with Gasteiger partial charge in [-0.2, -0.15) is 0 Å². The van der Waals surface area contributed by atoms with Crippen LogP contribution in [-0.4, -0.2) is 30.5 Å². The van der Waals surface area contributed by atoms with Gasteiger partial charge in [-0.05, 0) is 80.5 Å². The maximum atomic E-state index is 13.1. The second kappa shape index (κ2) is 5.00. The Morgan fingerprint density at radius 1 is 1.00 bits per heavy atom. The van der Waals surface area contributed by atoms with Gasteiger partial charge in [0.1, 0.15) is 5.75 Å². The fourth-order valence-corrected chi connectivity index (χ4v) is 4.56. The number of hydrogen-bond donors (Lipinski definition) is 0. The third-order valence-corrected chi connectivity index (χ3v) is 5.92. The first-order valence-corrected chi connectivity index (χ1v) is 8.60. The molecule has 3 nitrogen and oxygen atoms in total. The molecule has 0 unspecified atom stereocenters. The van der Waals surface area contributed by atoms with Crippen molar-refractivity contribution in [1.82, 2.24) is 4.90 Å². The summed E-state index contributed by atoms with van der Waals surface area (Å²) in [4.78, 5) is 15.2. The van der Waals surface area contributed by atoms with E-state index in [1.807, 2.05) is 24.3 Å². The molecule has 3 aliphatic carbocycles. The normalized spacial score (nSPS) is 21.5. The molecule has 0 aliphatic heterocycles. The van der Waals surface area contributed by atoms with Gasteiger partial charge in [-0.15, -0.1) is 0 Å². The largest absolute Gasteiger partial charge is 0.497 e. The Morgan fingerprint density at radius 2 is 1.45 bits per heavy atom. The Labute approximate surface area is 132 Å². The molecule has 0 radical (unpaired) electrons. The van der Waals surface area contributed by atoms with Crippen molar-refractivity contribution in [3.63, 3.8) is 0 Å². The lowest BCUT2D eigenvalue weighted by Crippen LogP contribution is -2.55. The van der Waals surface area contributed by atoms with Crippen molar-refractivity contribution in [3.05, 3.63) is 29.8 Å². The van der Waals surface area contributed by atoms with E-state index in [9.17, 15) is 4.79 Å². The summed E-state index contributed by atoms with van der Waals surface area (Å²) in [5, 5.41) is 0. The van der Waals surface area contributed by atoms with E-state index in [-0.39, 0.29) is 11.4 Å². The van der Waals surface area contributed by atoms with E-state index in [0.29, 0.717) is 0 Å². The summed E-state index contributed by atoms with van der Waals surface area (Å²) in [6.45, 7) is 0. The highest BCUT2D eigenvalue weighted by molar-refractivity contribution is 5.95. The van der Waals surface area contributed by atoms with E-state index >= 15 is 0 Å². The van der Waals surface area contributed by atoms with E-state index in [4.69, 9.17) is 4.74 Å². The second-order valence-electron chi connectivity index (χ2n) is 7.30. The maximum absolute atomic E-state index is 13.1. The number of benzene rings is 1. The summed E-state index contributed by atoms with van der Waals surface area (Å²) in [5.41, 5.74) is 0.950. The molecule has 0 heterocycles. The lowest BCUT2D eigenvalue weighted by Gasteiger charge is -2.44. The van der Waals surface area contributed by atoms with Gasteiger partial charge in [0.05, 0.1) is 12.6 Å². The van der Waals surface area contributed by atoms with Crippen molar-refractivity contribution in [2.75, 3.05) is 14.2 Å². The molecule has 0 saturated heterocycles. The molecule has 3 heteroatoms. The minimum absolute atomic E-state index is 0.164. The van der Waals surface area contributed by atoms with Gasteiger partial charge in [-0.1, -0.05) is 0 Å². The molecular formula is C19H25NO2. The van der Waals surface area contributed by atoms with Crippen LogP contribution in [0.1, 0.15) is 48.9 Å². The highest BCUT2D eigenvalue weighted by Gasteiger charge is 2.63. The van der Waals surface area contributed by atoms with Crippen LogP contribution in [-0.2, 0) is 0 Å². The second-order valence-corrected chi connectivity index (χ2v) is 7.30. The zero-order valence-electron chi connectivity index (χ0n) is 13.5. The van der Waals surface area contributed by atoms with E-state index in [0.717, 1.165) is 29.1 Å². The van der Waals surface area contributed by atoms with Crippen molar-refractivity contribution in [1.29, 1.82) is 0 Å². The molecule has 0 spiro atoms. The van der Waals surface area contributed by atoms with Gasteiger partial charge in [-0.25, -0.2) is 0 Å². The fraction of sp³-hybridized carbons (Fsp3) is 0.632. The van der Waals surface area contributed by atoms with Crippen LogP contribution >= 0.6 is 0 Å². The van der Waals surface area contributed by atoms with E-state index in [2.05, 4.69) is 11.9 Å². The summed E-state index contributed by atoms with van der Waals surface area (Å²) in [5.74, 6) is 3.24. The average Bonchev–Trinajstić information content (AvgIpc) is 3.43. The number of carbonyl (C=O) groups excluding carboxylic acids is 1. The lowest BCUT2D eigenvalue weighted by molar-refractivity contribution is 0.0319. The number of nitrogens with zero attached hydrogens (tertiary/aromatic N) is 1. The minimum atomic E-state index is 0.164. The van der Waals surface area contributed by atoms with Gasteiger partial charge in [0, 0.05) is 12.6 Å². The van der Waals surface area contributed by atoms with E-state index in [1.165, 1.54) is 38.5 Å². The predicted molar refractivity (Wildman–Crippen MR) is 86.0 cm³/mol. The van der Waals surface area contributed by atoms with Crippen LogP contribution in [0.25, 0.3) is 0 Å². The maximum Gasteiger partial charge on any atom is 0.254 e. The van der Waals surface area contributed by atoms with Crippen LogP contribution in [0.4, 0.5) is 0 Å². The molecule has 3 aliphatic rings. The zero-order valence-corrected chi connectivity index (χ0v) is 13.5. The standard InChI is InChI=1S/C19H25NO2/c1-20(18(21)13-3-11-17(22-2)12-4-13)19(14-5-6-14,15-7-8-15)16-9-10-16/h3-4,11-12,14-16H,5-10H2,1-2H3. The van der Waals surface area contributed by atoms with Gasteiger partial charge in [0.25, 0.3) is 5.91 Å². The fourth-order valence-electron chi connectivity index (χ4n) is 4.56. The molecule has 3 saturated carbocycles. The van der Waals surface area contributed by atoms with Crippen molar-refractivity contribution in [2.45, 2.75) is 44.1 Å². The van der Waals surface area contributed by atoms with E-state index in [1.54, 1.807) is 7.11 Å². The molecule has 0 N–H and O–H groups in total. The molecule has 0 aromatic heterocycles. The van der Waals surface area contributed by atoms with Crippen molar-refractivity contribution >= 4 is 5.91 Å². The van der Waals surface area contributed by atoms with Gasteiger partial charge in [0.15, 0.2) is 0 Å². The number of hydrogen-bond acceptors (Lipinski definition) is 2. The van der Waals surface area contributed by atoms with Crippen molar-refractivity contribution < 1.29 is 9.53 Å². The molecule has 3 fully saturated rings. The number of rotatable bonds is 6. The summed E-state index contributed by atoms with van der Waals surface area (Å²) in [6, 6.07) is 7.56. The van der Waals surface area contributed by atoms with Gasteiger partial charge < -0.3 is 9.64 Å². The smallest absolute Gasteiger partial charge is 0.254 e. The third kappa shape index (κ3) is 2.13. The van der Waals surface area contributed by atoms with Crippen LogP contribution in [0.5, 0.6) is 5.75 Å². The predicted octanol–water partition coefficient (Wildman–Crippen LogP) is 3.74. The molecule has 22 heavy (non-hydrogen) atoms. The number of amides is 1. The Bertz CT molecular complexity index is 536. The van der Waals surface area contributed by atoms with Crippen LogP contribution in [0.3, 0.4) is 0 Å². The highest BCUT2D eigenvalue weighted by atomic mass is 16.5. The number of ether oxygens (including phenoxy) is 1. The third-order valence-electron chi connectivity index (χ3n) is 5.92. The molecule has 1 aromatic carbocycles. The van der Waals surface area contributed by atoms with Crippen LogP contribution < -0.4 is 4.74 Å².